The zero-order chi connectivity index (χ0) is 13.1. The molecule has 1 aliphatic heterocycles. The number of carbonyl (C=O) groups excluding carboxylic acids is 1. The molecule has 0 aromatic heterocycles. The molecule has 1 aliphatic rings. The minimum atomic E-state index is -0.369. The minimum Gasteiger partial charge on any atom is -0.366 e. The van der Waals surface area contributed by atoms with Crippen molar-refractivity contribution in [3.05, 3.63) is 35.4 Å². The summed E-state index contributed by atoms with van der Waals surface area (Å²) in [6.45, 7) is 4.88. The lowest BCUT2D eigenvalue weighted by molar-refractivity contribution is 0.1000. The Morgan fingerprint density at radius 3 is 2.89 bits per heavy atom. The Balaban J connectivity index is 2.05. The van der Waals surface area contributed by atoms with E-state index in [2.05, 4.69) is 11.8 Å². The summed E-state index contributed by atoms with van der Waals surface area (Å²) in [6, 6.07) is 8.11. The maximum absolute atomic E-state index is 11.1. The third-order valence-corrected chi connectivity index (χ3v) is 3.72. The van der Waals surface area contributed by atoms with Gasteiger partial charge in [-0.1, -0.05) is 12.1 Å². The number of likely N-dealkylation sites (tertiary alicyclic amines) is 1. The molecule has 4 N–H and O–H groups in total. The molecule has 2 unspecified atom stereocenters. The van der Waals surface area contributed by atoms with Crippen molar-refractivity contribution in [2.75, 3.05) is 13.1 Å². The van der Waals surface area contributed by atoms with Crippen LogP contribution in [0.3, 0.4) is 0 Å². The number of benzene rings is 1. The second kappa shape index (κ2) is 5.50. The van der Waals surface area contributed by atoms with E-state index in [1.54, 1.807) is 6.07 Å². The van der Waals surface area contributed by atoms with Crippen molar-refractivity contribution in [1.29, 1.82) is 0 Å². The van der Waals surface area contributed by atoms with Gasteiger partial charge in [0.1, 0.15) is 0 Å². The number of hydrogen-bond acceptors (Lipinski definition) is 3. The molecule has 1 aromatic rings. The van der Waals surface area contributed by atoms with Gasteiger partial charge in [0.15, 0.2) is 0 Å². The van der Waals surface area contributed by atoms with Crippen molar-refractivity contribution >= 4 is 5.91 Å². The molecule has 2 rings (SSSR count). The van der Waals surface area contributed by atoms with E-state index >= 15 is 0 Å². The van der Waals surface area contributed by atoms with Crippen LogP contribution in [0.1, 0.15) is 29.3 Å². The van der Waals surface area contributed by atoms with Crippen LogP contribution in [0.2, 0.25) is 0 Å². The fraction of sp³-hybridized carbons (Fsp3) is 0.500. The summed E-state index contributed by atoms with van der Waals surface area (Å²) in [6.07, 6.45) is 1.16. The highest BCUT2D eigenvalue weighted by Gasteiger charge is 2.27. The normalized spacial score (nSPS) is 24.3. The smallest absolute Gasteiger partial charge is 0.248 e. The molecule has 1 heterocycles. The van der Waals surface area contributed by atoms with E-state index in [4.69, 9.17) is 11.5 Å². The van der Waals surface area contributed by atoms with E-state index in [1.165, 1.54) is 0 Å². The number of hydrogen-bond donors (Lipinski definition) is 2. The first-order valence-corrected chi connectivity index (χ1v) is 6.43. The molecule has 2 atom stereocenters. The van der Waals surface area contributed by atoms with Gasteiger partial charge in [0, 0.05) is 24.7 Å². The number of nitrogens with zero attached hydrogens (tertiary/aromatic N) is 1. The molecule has 18 heavy (non-hydrogen) atoms. The molecule has 0 aliphatic carbocycles. The summed E-state index contributed by atoms with van der Waals surface area (Å²) in [7, 11) is 0. The molecule has 0 saturated carbocycles. The average Bonchev–Trinajstić information content (AvgIpc) is 2.70. The minimum absolute atomic E-state index is 0.369. The molecule has 98 valence electrons. The zero-order valence-electron chi connectivity index (χ0n) is 10.8. The zero-order valence-corrected chi connectivity index (χ0v) is 10.8. The summed E-state index contributed by atoms with van der Waals surface area (Å²) >= 11 is 0. The summed E-state index contributed by atoms with van der Waals surface area (Å²) in [5.74, 6) is 0.227. The van der Waals surface area contributed by atoms with Gasteiger partial charge < -0.3 is 11.5 Å². The van der Waals surface area contributed by atoms with Crippen LogP contribution in [-0.2, 0) is 6.54 Å². The van der Waals surface area contributed by atoms with Crippen LogP contribution in [0, 0.1) is 5.92 Å². The molecule has 0 bridgehead atoms. The van der Waals surface area contributed by atoms with Crippen molar-refractivity contribution < 1.29 is 4.79 Å². The molecule has 1 fully saturated rings. The summed E-state index contributed by atoms with van der Waals surface area (Å²) in [5, 5.41) is 0. The highest BCUT2D eigenvalue weighted by molar-refractivity contribution is 5.92. The van der Waals surface area contributed by atoms with Gasteiger partial charge >= 0.3 is 0 Å². The maximum atomic E-state index is 11.1. The standard InChI is InChI=1S/C14H21N3O/c1-10-5-12(7-15)9-17(10)8-11-3-2-4-13(6-11)14(16)18/h2-4,6,10,12H,5,7-9,15H2,1H3,(H2,16,18). The van der Waals surface area contributed by atoms with Gasteiger partial charge in [-0.3, -0.25) is 9.69 Å². The molecule has 1 aromatic carbocycles. The number of amides is 1. The van der Waals surface area contributed by atoms with E-state index in [1.807, 2.05) is 18.2 Å². The first-order chi connectivity index (χ1) is 8.60. The summed E-state index contributed by atoms with van der Waals surface area (Å²) in [4.78, 5) is 13.6. The third-order valence-electron chi connectivity index (χ3n) is 3.72. The molecular formula is C14H21N3O. The average molecular weight is 247 g/mol. The Morgan fingerprint density at radius 2 is 2.28 bits per heavy atom. The Kier molecular flexibility index (Phi) is 3.99. The predicted octanol–water partition coefficient (Wildman–Crippen LogP) is 0.955. The molecule has 0 radical (unpaired) electrons. The Bertz CT molecular complexity index is 433. The van der Waals surface area contributed by atoms with E-state index in [9.17, 15) is 4.79 Å². The lowest BCUT2D eigenvalue weighted by Gasteiger charge is -2.21. The first-order valence-electron chi connectivity index (χ1n) is 6.43. The van der Waals surface area contributed by atoms with Gasteiger partial charge in [-0.05, 0) is 43.5 Å². The fourth-order valence-electron chi connectivity index (χ4n) is 2.67. The first kappa shape index (κ1) is 13.1. The lowest BCUT2D eigenvalue weighted by atomic mass is 10.1. The molecule has 1 saturated heterocycles. The number of nitrogens with two attached hydrogens (primary N) is 2. The molecule has 0 spiro atoms. The summed E-state index contributed by atoms with van der Waals surface area (Å²) in [5.41, 5.74) is 12.7. The Hall–Kier alpha value is -1.39. The van der Waals surface area contributed by atoms with E-state index in [-0.39, 0.29) is 5.91 Å². The van der Waals surface area contributed by atoms with Crippen LogP contribution >= 0.6 is 0 Å². The predicted molar refractivity (Wildman–Crippen MR) is 72.0 cm³/mol. The lowest BCUT2D eigenvalue weighted by Crippen LogP contribution is -2.27. The number of rotatable bonds is 4. The molecular weight excluding hydrogens is 226 g/mol. The number of primary amides is 1. The Morgan fingerprint density at radius 1 is 1.50 bits per heavy atom. The van der Waals surface area contributed by atoms with Gasteiger partial charge in [-0.2, -0.15) is 0 Å². The van der Waals surface area contributed by atoms with E-state index in [0.717, 1.165) is 31.6 Å². The van der Waals surface area contributed by atoms with Gasteiger partial charge in [0.05, 0.1) is 0 Å². The summed E-state index contributed by atoms with van der Waals surface area (Å²) < 4.78 is 0. The van der Waals surface area contributed by atoms with Crippen molar-refractivity contribution in [1.82, 2.24) is 4.90 Å². The molecule has 4 nitrogen and oxygen atoms in total. The highest BCUT2D eigenvalue weighted by Crippen LogP contribution is 2.24. The van der Waals surface area contributed by atoms with Crippen molar-refractivity contribution in [2.24, 2.45) is 17.4 Å². The van der Waals surface area contributed by atoms with Gasteiger partial charge in [-0.25, -0.2) is 0 Å². The molecule has 1 amide bonds. The van der Waals surface area contributed by atoms with Gasteiger partial charge in [0.2, 0.25) is 5.91 Å². The van der Waals surface area contributed by atoms with Gasteiger partial charge in [0.25, 0.3) is 0 Å². The van der Waals surface area contributed by atoms with Crippen molar-refractivity contribution in [2.45, 2.75) is 25.9 Å². The van der Waals surface area contributed by atoms with Crippen LogP contribution in [-0.4, -0.2) is 29.9 Å². The van der Waals surface area contributed by atoms with E-state index in [0.29, 0.717) is 17.5 Å². The third kappa shape index (κ3) is 2.89. The van der Waals surface area contributed by atoms with Crippen LogP contribution in [0.5, 0.6) is 0 Å². The second-order valence-corrected chi connectivity index (χ2v) is 5.18. The monoisotopic (exact) mass is 247 g/mol. The SMILES string of the molecule is CC1CC(CN)CN1Cc1cccc(C(N)=O)c1. The topological polar surface area (TPSA) is 72.3 Å². The van der Waals surface area contributed by atoms with Crippen LogP contribution in [0.15, 0.2) is 24.3 Å². The van der Waals surface area contributed by atoms with E-state index < -0.39 is 0 Å². The quantitative estimate of drug-likeness (QED) is 0.832. The van der Waals surface area contributed by atoms with Crippen molar-refractivity contribution in [3.63, 3.8) is 0 Å². The number of carbonyl (C=O) groups is 1. The maximum Gasteiger partial charge on any atom is 0.248 e. The highest BCUT2D eigenvalue weighted by atomic mass is 16.1. The van der Waals surface area contributed by atoms with Gasteiger partial charge in [-0.15, -0.1) is 0 Å². The van der Waals surface area contributed by atoms with Crippen molar-refractivity contribution in [3.8, 4) is 0 Å². The largest absolute Gasteiger partial charge is 0.366 e. The second-order valence-electron chi connectivity index (χ2n) is 5.18. The Labute approximate surface area is 108 Å². The van der Waals surface area contributed by atoms with Crippen LogP contribution in [0.25, 0.3) is 0 Å². The van der Waals surface area contributed by atoms with Crippen LogP contribution < -0.4 is 11.5 Å². The fourth-order valence-corrected chi connectivity index (χ4v) is 2.67. The molecule has 4 heteroatoms. The van der Waals surface area contributed by atoms with Crippen LogP contribution in [0.4, 0.5) is 0 Å².